The maximum absolute atomic E-state index is 10.3. The van der Waals surface area contributed by atoms with Crippen molar-refractivity contribution in [3.05, 3.63) is 43.0 Å². The van der Waals surface area contributed by atoms with E-state index in [2.05, 4.69) is 4.98 Å². The Balaban J connectivity index is 1.78. The number of ether oxygens (including phenoxy) is 1. The Bertz CT molecular complexity index is 511. The summed E-state index contributed by atoms with van der Waals surface area (Å²) in [5.41, 5.74) is 1.02. The molecular weight excluding hydrogens is 264 g/mol. The van der Waals surface area contributed by atoms with Gasteiger partial charge in [0.25, 0.3) is 0 Å². The van der Waals surface area contributed by atoms with Crippen LogP contribution in [0.2, 0.25) is 0 Å². The highest BCUT2D eigenvalue weighted by Gasteiger charge is 1.99. The number of aliphatic carboxylic acids is 1. The second-order valence-electron chi connectivity index (χ2n) is 3.76. The van der Waals surface area contributed by atoms with Crippen LogP contribution in [0.25, 0.3) is 5.69 Å². The zero-order valence-electron chi connectivity index (χ0n) is 10.2. The molecule has 0 fully saturated rings. The molecule has 1 aromatic carbocycles. The van der Waals surface area contributed by atoms with Gasteiger partial charge in [0, 0.05) is 23.8 Å². The summed E-state index contributed by atoms with van der Waals surface area (Å²) >= 11 is 1.34. The lowest BCUT2D eigenvalue weighted by Crippen LogP contribution is -2.04. The van der Waals surface area contributed by atoms with Gasteiger partial charge in [-0.2, -0.15) is 0 Å². The van der Waals surface area contributed by atoms with Crippen molar-refractivity contribution in [2.75, 3.05) is 18.1 Å². The SMILES string of the molecule is O=C(O)CSCCOc1ccc(-n2ccnc2)cc1. The molecule has 0 aliphatic heterocycles. The number of carboxylic acids is 1. The molecular formula is C13H14N2O3S. The van der Waals surface area contributed by atoms with Gasteiger partial charge in [0.2, 0.25) is 0 Å². The van der Waals surface area contributed by atoms with Crippen LogP contribution in [0.4, 0.5) is 0 Å². The van der Waals surface area contributed by atoms with E-state index < -0.39 is 5.97 Å². The Kier molecular flexibility index (Phi) is 4.85. The number of aromatic nitrogens is 2. The molecule has 0 bridgehead atoms. The molecule has 0 aliphatic carbocycles. The minimum absolute atomic E-state index is 0.114. The van der Waals surface area contributed by atoms with E-state index in [0.29, 0.717) is 12.4 Å². The number of nitrogens with zero attached hydrogens (tertiary/aromatic N) is 2. The van der Waals surface area contributed by atoms with E-state index in [9.17, 15) is 4.79 Å². The number of carbonyl (C=O) groups is 1. The summed E-state index contributed by atoms with van der Waals surface area (Å²) in [6.45, 7) is 0.502. The zero-order chi connectivity index (χ0) is 13.5. The van der Waals surface area contributed by atoms with Crippen molar-refractivity contribution in [2.45, 2.75) is 0 Å². The molecule has 0 spiro atoms. The molecule has 1 N–H and O–H groups in total. The maximum Gasteiger partial charge on any atom is 0.313 e. The summed E-state index contributed by atoms with van der Waals surface area (Å²) in [6.07, 6.45) is 5.33. The quantitative estimate of drug-likeness (QED) is 0.785. The van der Waals surface area contributed by atoms with Gasteiger partial charge < -0.3 is 14.4 Å². The molecule has 0 unspecified atom stereocenters. The Morgan fingerprint density at radius 2 is 2.16 bits per heavy atom. The lowest BCUT2D eigenvalue weighted by molar-refractivity contribution is -0.133. The second kappa shape index (κ2) is 6.84. The highest BCUT2D eigenvalue weighted by Crippen LogP contribution is 2.15. The summed E-state index contributed by atoms with van der Waals surface area (Å²) < 4.78 is 7.43. The van der Waals surface area contributed by atoms with Crippen LogP contribution in [0, 0.1) is 0 Å². The van der Waals surface area contributed by atoms with Crippen molar-refractivity contribution in [1.29, 1.82) is 0 Å². The van der Waals surface area contributed by atoms with E-state index in [4.69, 9.17) is 9.84 Å². The fraction of sp³-hybridized carbons (Fsp3) is 0.231. The number of thioether (sulfide) groups is 1. The number of hydrogen-bond acceptors (Lipinski definition) is 4. The monoisotopic (exact) mass is 278 g/mol. The highest BCUT2D eigenvalue weighted by molar-refractivity contribution is 7.99. The maximum atomic E-state index is 10.3. The third kappa shape index (κ3) is 4.33. The molecule has 1 heterocycles. The summed E-state index contributed by atoms with van der Waals surface area (Å²) in [6, 6.07) is 7.66. The minimum atomic E-state index is -0.797. The first-order valence-corrected chi connectivity index (χ1v) is 6.92. The van der Waals surface area contributed by atoms with Crippen molar-refractivity contribution in [1.82, 2.24) is 9.55 Å². The second-order valence-corrected chi connectivity index (χ2v) is 4.86. The molecule has 0 saturated carbocycles. The molecule has 19 heavy (non-hydrogen) atoms. The highest BCUT2D eigenvalue weighted by atomic mass is 32.2. The van der Waals surface area contributed by atoms with Crippen molar-refractivity contribution in [2.24, 2.45) is 0 Å². The average Bonchev–Trinajstić information content (AvgIpc) is 2.93. The molecule has 0 atom stereocenters. The molecule has 1 aromatic heterocycles. The third-order valence-corrected chi connectivity index (χ3v) is 3.27. The average molecular weight is 278 g/mol. The van der Waals surface area contributed by atoms with Crippen molar-refractivity contribution >= 4 is 17.7 Å². The van der Waals surface area contributed by atoms with Gasteiger partial charge in [0.1, 0.15) is 5.75 Å². The number of imidazole rings is 1. The summed E-state index contributed by atoms with van der Waals surface area (Å²) in [4.78, 5) is 14.3. The van der Waals surface area contributed by atoms with Crippen LogP contribution in [0.15, 0.2) is 43.0 Å². The molecule has 6 heteroatoms. The third-order valence-electron chi connectivity index (χ3n) is 2.36. The fourth-order valence-electron chi connectivity index (χ4n) is 1.50. The van der Waals surface area contributed by atoms with Crippen molar-refractivity contribution < 1.29 is 14.6 Å². The molecule has 100 valence electrons. The fourth-order valence-corrected chi connectivity index (χ4v) is 2.02. The molecule has 0 saturated heterocycles. The van der Waals surface area contributed by atoms with E-state index >= 15 is 0 Å². The molecule has 2 aromatic rings. The van der Waals surface area contributed by atoms with Crippen molar-refractivity contribution in [3.63, 3.8) is 0 Å². The van der Waals surface area contributed by atoms with Gasteiger partial charge in [-0.3, -0.25) is 4.79 Å². The molecule has 0 aliphatic rings. The molecule has 0 amide bonds. The number of carboxylic acid groups (broad SMARTS) is 1. The summed E-state index contributed by atoms with van der Waals surface area (Å²) in [5.74, 6) is 0.757. The van der Waals surface area contributed by atoms with Crippen LogP contribution in [0.5, 0.6) is 5.75 Å². The normalized spacial score (nSPS) is 10.3. The number of hydrogen-bond donors (Lipinski definition) is 1. The Hall–Kier alpha value is -1.95. The van der Waals surface area contributed by atoms with Gasteiger partial charge in [0.15, 0.2) is 0 Å². The standard InChI is InChI=1S/C13H14N2O3S/c16-13(17)9-19-8-7-18-12-3-1-11(2-4-12)15-6-5-14-10-15/h1-6,10H,7-9H2,(H,16,17). The van der Waals surface area contributed by atoms with E-state index in [1.807, 2.05) is 35.0 Å². The van der Waals surface area contributed by atoms with Crippen LogP contribution in [-0.2, 0) is 4.79 Å². The van der Waals surface area contributed by atoms with Crippen LogP contribution in [-0.4, -0.2) is 38.7 Å². The largest absolute Gasteiger partial charge is 0.493 e. The predicted octanol–water partition coefficient (Wildman–Crippen LogP) is 2.07. The van der Waals surface area contributed by atoms with Crippen molar-refractivity contribution in [3.8, 4) is 11.4 Å². The molecule has 2 rings (SSSR count). The van der Waals surface area contributed by atoms with E-state index in [1.165, 1.54) is 11.8 Å². The van der Waals surface area contributed by atoms with E-state index in [1.54, 1.807) is 12.5 Å². The topological polar surface area (TPSA) is 64.3 Å². The lowest BCUT2D eigenvalue weighted by Gasteiger charge is -2.07. The molecule has 0 radical (unpaired) electrons. The van der Waals surface area contributed by atoms with Crippen LogP contribution < -0.4 is 4.74 Å². The van der Waals surface area contributed by atoms with Gasteiger partial charge in [-0.15, -0.1) is 11.8 Å². The first-order chi connectivity index (χ1) is 9.25. The number of benzene rings is 1. The molecule has 5 nitrogen and oxygen atoms in total. The smallest absolute Gasteiger partial charge is 0.313 e. The van der Waals surface area contributed by atoms with Crippen LogP contribution in [0.3, 0.4) is 0 Å². The lowest BCUT2D eigenvalue weighted by atomic mass is 10.3. The Morgan fingerprint density at radius 1 is 1.37 bits per heavy atom. The van der Waals surface area contributed by atoms with Crippen LogP contribution >= 0.6 is 11.8 Å². The van der Waals surface area contributed by atoms with Crippen LogP contribution in [0.1, 0.15) is 0 Å². The first kappa shape index (κ1) is 13.5. The van der Waals surface area contributed by atoms with Gasteiger partial charge in [0.05, 0.1) is 18.7 Å². The van der Waals surface area contributed by atoms with E-state index in [0.717, 1.165) is 11.4 Å². The summed E-state index contributed by atoms with van der Waals surface area (Å²) in [5, 5.41) is 8.48. The van der Waals surface area contributed by atoms with Gasteiger partial charge in [-0.25, -0.2) is 4.98 Å². The predicted molar refractivity (Wildman–Crippen MR) is 74.0 cm³/mol. The Morgan fingerprint density at radius 3 is 2.79 bits per heavy atom. The van der Waals surface area contributed by atoms with Gasteiger partial charge in [-0.05, 0) is 24.3 Å². The van der Waals surface area contributed by atoms with Gasteiger partial charge >= 0.3 is 5.97 Å². The zero-order valence-corrected chi connectivity index (χ0v) is 11.0. The summed E-state index contributed by atoms with van der Waals surface area (Å²) in [7, 11) is 0. The van der Waals surface area contributed by atoms with Gasteiger partial charge in [-0.1, -0.05) is 0 Å². The first-order valence-electron chi connectivity index (χ1n) is 5.76. The number of rotatable bonds is 7. The van der Waals surface area contributed by atoms with E-state index in [-0.39, 0.29) is 5.75 Å². The Labute approximate surface area is 115 Å². The minimum Gasteiger partial charge on any atom is -0.493 e.